The smallest absolute Gasteiger partial charge is 0.291 e. The van der Waals surface area contributed by atoms with Crippen LogP contribution in [-0.2, 0) is 4.74 Å². The van der Waals surface area contributed by atoms with Crippen LogP contribution >= 0.6 is 11.6 Å². The van der Waals surface area contributed by atoms with Crippen LogP contribution in [0.25, 0.3) is 11.0 Å². The Kier molecular flexibility index (Phi) is 4.75. The normalized spacial score (nSPS) is 20.4. The van der Waals surface area contributed by atoms with Gasteiger partial charge in [0, 0.05) is 30.3 Å². The molecular weight excluding hydrogens is 424 g/mol. The lowest BCUT2D eigenvalue weighted by Gasteiger charge is -2.27. The van der Waals surface area contributed by atoms with Gasteiger partial charge in [-0.25, -0.2) is 0 Å². The van der Waals surface area contributed by atoms with Crippen molar-refractivity contribution in [2.75, 3.05) is 13.2 Å². The second-order valence-corrected chi connectivity index (χ2v) is 8.10. The minimum atomic E-state index is -0.814. The van der Waals surface area contributed by atoms with Gasteiger partial charge in [0.2, 0.25) is 5.76 Å². The Morgan fingerprint density at radius 3 is 2.77 bits per heavy atom. The number of hydrogen-bond acceptors (Lipinski definition) is 6. The van der Waals surface area contributed by atoms with Crippen LogP contribution in [0.15, 0.2) is 51.7 Å². The summed E-state index contributed by atoms with van der Waals surface area (Å²) in [5.41, 5.74) is 0.395. The molecule has 0 unspecified atom stereocenters. The van der Waals surface area contributed by atoms with Gasteiger partial charge in [-0.15, -0.1) is 0 Å². The van der Waals surface area contributed by atoms with E-state index in [4.69, 9.17) is 20.8 Å². The third kappa shape index (κ3) is 3.28. The predicted molar refractivity (Wildman–Crippen MR) is 112 cm³/mol. The van der Waals surface area contributed by atoms with Crippen LogP contribution in [0.4, 0.5) is 5.69 Å². The second-order valence-electron chi connectivity index (χ2n) is 7.66. The minimum absolute atomic E-state index is 0.0469. The van der Waals surface area contributed by atoms with E-state index >= 15 is 0 Å². The molecule has 158 valence electrons. The first-order valence-electron chi connectivity index (χ1n) is 9.87. The zero-order valence-corrected chi connectivity index (χ0v) is 17.0. The third-order valence-electron chi connectivity index (χ3n) is 5.75. The van der Waals surface area contributed by atoms with Gasteiger partial charge in [0.05, 0.1) is 28.0 Å². The summed E-state index contributed by atoms with van der Waals surface area (Å²) in [4.78, 5) is 39.1. The van der Waals surface area contributed by atoms with E-state index in [1.54, 1.807) is 24.3 Å². The molecule has 1 fully saturated rings. The van der Waals surface area contributed by atoms with Gasteiger partial charge in [-0.2, -0.15) is 0 Å². The highest BCUT2D eigenvalue weighted by atomic mass is 35.5. The van der Waals surface area contributed by atoms with Crippen LogP contribution in [0.5, 0.6) is 0 Å². The van der Waals surface area contributed by atoms with Crippen LogP contribution in [0.3, 0.4) is 0 Å². The maximum atomic E-state index is 13.4. The van der Waals surface area contributed by atoms with Gasteiger partial charge < -0.3 is 14.1 Å². The molecule has 3 aromatic rings. The first-order valence-corrected chi connectivity index (χ1v) is 10.2. The molecule has 2 aromatic carbocycles. The monoisotopic (exact) mass is 440 g/mol. The molecule has 0 N–H and O–H groups in total. The van der Waals surface area contributed by atoms with Crippen molar-refractivity contribution < 1.29 is 18.9 Å². The fraction of sp³-hybridized carbons (Fsp3) is 0.273. The third-order valence-corrected chi connectivity index (χ3v) is 5.98. The van der Waals surface area contributed by atoms with E-state index in [2.05, 4.69) is 0 Å². The fourth-order valence-corrected chi connectivity index (χ4v) is 4.52. The number of nitrogens with zero attached hydrogens (tertiary/aromatic N) is 2. The SMILES string of the molecule is O=C1c2oc3ccc(Cl)cc3c(=O)c2[C@@H](c2cccc([N+](=O)[O-])c2)N1C[C@@H]1CCCO1. The Morgan fingerprint density at radius 2 is 2.03 bits per heavy atom. The number of nitro benzene ring substituents is 1. The fourth-order valence-electron chi connectivity index (χ4n) is 4.34. The van der Waals surface area contributed by atoms with Crippen molar-refractivity contribution in [2.45, 2.75) is 25.0 Å². The Labute approximate surface area is 181 Å². The summed E-state index contributed by atoms with van der Waals surface area (Å²) in [7, 11) is 0. The van der Waals surface area contributed by atoms with Crippen molar-refractivity contribution in [2.24, 2.45) is 0 Å². The molecule has 2 atom stereocenters. The van der Waals surface area contributed by atoms with Gasteiger partial charge in [-0.3, -0.25) is 19.7 Å². The Morgan fingerprint density at radius 1 is 1.19 bits per heavy atom. The Hall–Kier alpha value is -3.23. The van der Waals surface area contributed by atoms with Crippen LogP contribution in [0.1, 0.15) is 40.6 Å². The van der Waals surface area contributed by atoms with Crippen molar-refractivity contribution in [3.63, 3.8) is 0 Å². The van der Waals surface area contributed by atoms with Crippen LogP contribution in [-0.4, -0.2) is 35.0 Å². The first-order chi connectivity index (χ1) is 14.9. The number of benzene rings is 2. The standard InChI is InChI=1S/C22H17ClN2O6/c23-13-6-7-17-16(10-13)20(26)18-19(12-3-1-4-14(9-12)25(28)29)24(22(27)21(18)31-17)11-15-5-2-8-30-15/h1,3-4,6-7,9-10,15,19H,2,5,8,11H2/t15-,19+/m0/s1. The highest BCUT2D eigenvalue weighted by Crippen LogP contribution is 2.39. The lowest BCUT2D eigenvalue weighted by atomic mass is 9.98. The Balaban J connectivity index is 1.72. The van der Waals surface area contributed by atoms with Crippen LogP contribution in [0.2, 0.25) is 5.02 Å². The molecule has 0 radical (unpaired) electrons. The molecule has 5 rings (SSSR count). The molecular formula is C22H17ClN2O6. The van der Waals surface area contributed by atoms with Crippen molar-refractivity contribution in [1.29, 1.82) is 0 Å². The lowest BCUT2D eigenvalue weighted by molar-refractivity contribution is -0.384. The van der Waals surface area contributed by atoms with Gasteiger partial charge in [0.25, 0.3) is 11.6 Å². The molecule has 3 heterocycles. The van der Waals surface area contributed by atoms with E-state index in [9.17, 15) is 19.7 Å². The van der Waals surface area contributed by atoms with E-state index in [0.717, 1.165) is 12.8 Å². The van der Waals surface area contributed by atoms with Crippen molar-refractivity contribution >= 4 is 34.2 Å². The predicted octanol–water partition coefficient (Wildman–Crippen LogP) is 4.08. The lowest BCUT2D eigenvalue weighted by Crippen LogP contribution is -2.36. The molecule has 8 nitrogen and oxygen atoms in total. The summed E-state index contributed by atoms with van der Waals surface area (Å²) in [6, 6.07) is 9.79. The van der Waals surface area contributed by atoms with Gasteiger partial charge in [0.1, 0.15) is 5.58 Å². The summed E-state index contributed by atoms with van der Waals surface area (Å²) in [5, 5.41) is 12.0. The summed E-state index contributed by atoms with van der Waals surface area (Å²) in [6.45, 7) is 0.869. The molecule has 0 bridgehead atoms. The molecule has 1 amide bonds. The molecule has 9 heteroatoms. The van der Waals surface area contributed by atoms with Gasteiger partial charge in [-0.05, 0) is 36.6 Å². The summed E-state index contributed by atoms with van der Waals surface area (Å²) in [6.07, 6.45) is 1.51. The summed E-state index contributed by atoms with van der Waals surface area (Å²) >= 11 is 6.07. The van der Waals surface area contributed by atoms with Crippen molar-refractivity contribution in [3.8, 4) is 0 Å². The van der Waals surface area contributed by atoms with E-state index in [1.807, 2.05) is 0 Å². The van der Waals surface area contributed by atoms with E-state index in [1.165, 1.54) is 23.1 Å². The van der Waals surface area contributed by atoms with E-state index < -0.39 is 16.9 Å². The quantitative estimate of drug-likeness (QED) is 0.447. The van der Waals surface area contributed by atoms with Gasteiger partial charge >= 0.3 is 0 Å². The van der Waals surface area contributed by atoms with Gasteiger partial charge in [0.15, 0.2) is 5.43 Å². The topological polar surface area (TPSA) is 103 Å². The average Bonchev–Trinajstić information content (AvgIpc) is 3.36. The zero-order chi connectivity index (χ0) is 21.7. The highest BCUT2D eigenvalue weighted by Gasteiger charge is 2.44. The van der Waals surface area contributed by atoms with E-state index in [0.29, 0.717) is 17.2 Å². The van der Waals surface area contributed by atoms with E-state index in [-0.39, 0.29) is 46.1 Å². The number of hydrogen-bond donors (Lipinski definition) is 0. The molecule has 2 aliphatic rings. The Bertz CT molecular complexity index is 1280. The number of halogens is 1. The molecule has 0 aliphatic carbocycles. The van der Waals surface area contributed by atoms with Crippen LogP contribution in [0, 0.1) is 10.1 Å². The molecule has 1 saturated heterocycles. The van der Waals surface area contributed by atoms with Crippen LogP contribution < -0.4 is 5.43 Å². The average molecular weight is 441 g/mol. The minimum Gasteiger partial charge on any atom is -0.450 e. The molecule has 0 spiro atoms. The number of carbonyl (C=O) groups excluding carboxylic acids is 1. The van der Waals surface area contributed by atoms with Crippen molar-refractivity contribution in [3.05, 3.63) is 84.7 Å². The maximum Gasteiger partial charge on any atom is 0.291 e. The number of fused-ring (bicyclic) bond motifs is 2. The summed E-state index contributed by atoms with van der Waals surface area (Å²) in [5.74, 6) is -0.481. The summed E-state index contributed by atoms with van der Waals surface area (Å²) < 4.78 is 11.6. The second kappa shape index (κ2) is 7.47. The number of nitro groups is 1. The number of amides is 1. The highest BCUT2D eigenvalue weighted by molar-refractivity contribution is 6.31. The van der Waals surface area contributed by atoms with Gasteiger partial charge in [-0.1, -0.05) is 23.7 Å². The number of carbonyl (C=O) groups is 1. The molecule has 1 aromatic heterocycles. The molecule has 31 heavy (non-hydrogen) atoms. The largest absolute Gasteiger partial charge is 0.450 e. The maximum absolute atomic E-state index is 13.4. The zero-order valence-electron chi connectivity index (χ0n) is 16.2. The molecule has 0 saturated carbocycles. The number of ether oxygens (including phenoxy) is 1. The first kappa shape index (κ1) is 19.7. The van der Waals surface area contributed by atoms with Crippen molar-refractivity contribution in [1.82, 2.24) is 4.90 Å². The molecule has 2 aliphatic heterocycles. The number of non-ortho nitro benzene ring substituents is 1. The number of rotatable bonds is 4.